The van der Waals surface area contributed by atoms with E-state index < -0.39 is 5.60 Å². The summed E-state index contributed by atoms with van der Waals surface area (Å²) in [5.41, 5.74) is 3.13. The zero-order valence-corrected chi connectivity index (χ0v) is 14.5. The molecule has 3 aromatic carbocycles. The molecule has 1 spiro atoms. The molecule has 4 nitrogen and oxygen atoms in total. The van der Waals surface area contributed by atoms with Crippen LogP contribution in [-0.2, 0) is 10.3 Å². The second-order valence-electron chi connectivity index (χ2n) is 6.76. The molecule has 0 saturated heterocycles. The molecule has 0 radical (unpaired) electrons. The molecule has 1 unspecified atom stereocenters. The number of rotatable bonds is 1. The lowest BCUT2D eigenvalue weighted by Gasteiger charge is -2.38. The Morgan fingerprint density at radius 2 is 1.50 bits per heavy atom. The third-order valence-electron chi connectivity index (χ3n) is 5.10. The van der Waals surface area contributed by atoms with Gasteiger partial charge in [-0.3, -0.25) is 0 Å². The van der Waals surface area contributed by atoms with Crippen molar-refractivity contribution in [3.63, 3.8) is 0 Å². The topological polar surface area (TPSA) is 38.8 Å². The number of hydrogen-bond acceptors (Lipinski definition) is 4. The number of esters is 1. The Balaban J connectivity index is 1.95. The van der Waals surface area contributed by atoms with Gasteiger partial charge in [0, 0.05) is 30.9 Å². The molecule has 0 N–H and O–H groups in total. The molecule has 4 heteroatoms. The van der Waals surface area contributed by atoms with Gasteiger partial charge in [-0.15, -0.1) is 0 Å². The summed E-state index contributed by atoms with van der Waals surface area (Å²) in [6, 6.07) is 21.3. The highest BCUT2D eigenvalue weighted by molar-refractivity contribution is 5.97. The minimum atomic E-state index is -1.00. The van der Waals surface area contributed by atoms with Crippen LogP contribution < -0.4 is 9.64 Å². The van der Waals surface area contributed by atoms with Gasteiger partial charge in [-0.25, -0.2) is 4.79 Å². The van der Waals surface area contributed by atoms with Crippen LogP contribution >= 0.6 is 0 Å². The van der Waals surface area contributed by atoms with Gasteiger partial charge in [0.2, 0.25) is 0 Å². The molecular formula is C22H17NO3. The molecule has 0 aliphatic carbocycles. The van der Waals surface area contributed by atoms with E-state index in [1.807, 2.05) is 85.7 Å². The van der Waals surface area contributed by atoms with Crippen molar-refractivity contribution >= 4 is 11.7 Å². The van der Waals surface area contributed by atoms with Gasteiger partial charge in [0.25, 0.3) is 0 Å². The number of hydrogen-bond donors (Lipinski definition) is 0. The molecule has 3 aromatic rings. The summed E-state index contributed by atoms with van der Waals surface area (Å²) in [6.07, 6.45) is 0. The molecule has 128 valence electrons. The van der Waals surface area contributed by atoms with Gasteiger partial charge < -0.3 is 14.4 Å². The number of carbonyl (C=O) groups is 1. The van der Waals surface area contributed by atoms with Gasteiger partial charge in [0.15, 0.2) is 5.60 Å². The van der Waals surface area contributed by atoms with E-state index in [0.29, 0.717) is 17.1 Å². The number of para-hydroxylation sites is 1. The number of carbonyl (C=O) groups excluding carboxylic acids is 1. The minimum absolute atomic E-state index is 0.309. The number of nitrogens with zero attached hydrogens (tertiary/aromatic N) is 1. The first-order valence-corrected chi connectivity index (χ1v) is 8.54. The van der Waals surface area contributed by atoms with E-state index in [2.05, 4.69) is 0 Å². The van der Waals surface area contributed by atoms with Gasteiger partial charge in [-0.05, 0) is 24.3 Å². The predicted molar refractivity (Wildman–Crippen MR) is 99.0 cm³/mol. The fourth-order valence-electron chi connectivity index (χ4n) is 4.03. The average Bonchev–Trinajstić information content (AvgIpc) is 2.95. The number of fused-ring (bicyclic) bond motifs is 6. The normalized spacial score (nSPS) is 19.2. The van der Waals surface area contributed by atoms with Crippen LogP contribution in [-0.4, -0.2) is 20.1 Å². The monoisotopic (exact) mass is 343 g/mol. The minimum Gasteiger partial charge on any atom is -0.456 e. The summed E-state index contributed by atoms with van der Waals surface area (Å²) in [4.78, 5) is 14.8. The zero-order chi connectivity index (χ0) is 17.9. The fraction of sp³-hybridized carbons (Fsp3) is 0.136. The van der Waals surface area contributed by atoms with Crippen LogP contribution in [0.1, 0.15) is 27.0 Å². The van der Waals surface area contributed by atoms with E-state index in [4.69, 9.17) is 9.47 Å². The highest BCUT2D eigenvalue weighted by Crippen LogP contribution is 2.58. The van der Waals surface area contributed by atoms with E-state index in [1.54, 1.807) is 0 Å². The Kier molecular flexibility index (Phi) is 2.95. The Morgan fingerprint density at radius 1 is 0.808 bits per heavy atom. The highest BCUT2D eigenvalue weighted by Gasteiger charge is 2.54. The van der Waals surface area contributed by atoms with Crippen molar-refractivity contribution in [2.45, 2.75) is 5.60 Å². The van der Waals surface area contributed by atoms with Crippen molar-refractivity contribution < 1.29 is 14.3 Å². The first kappa shape index (κ1) is 15.0. The van der Waals surface area contributed by atoms with E-state index in [0.717, 1.165) is 22.4 Å². The summed E-state index contributed by atoms with van der Waals surface area (Å²) in [5.74, 6) is 1.11. The molecule has 0 saturated carbocycles. The van der Waals surface area contributed by atoms with Crippen LogP contribution in [0, 0.1) is 0 Å². The van der Waals surface area contributed by atoms with Gasteiger partial charge in [0.1, 0.15) is 11.5 Å². The lowest BCUT2D eigenvalue weighted by atomic mass is 9.77. The van der Waals surface area contributed by atoms with Crippen LogP contribution in [0.4, 0.5) is 5.69 Å². The molecule has 0 fully saturated rings. The Morgan fingerprint density at radius 3 is 2.31 bits per heavy atom. The van der Waals surface area contributed by atoms with Crippen molar-refractivity contribution in [1.82, 2.24) is 0 Å². The number of ether oxygens (including phenoxy) is 2. The quantitative estimate of drug-likeness (QED) is 0.617. The highest BCUT2D eigenvalue weighted by atomic mass is 16.6. The summed E-state index contributed by atoms with van der Waals surface area (Å²) in [5, 5.41) is 0. The Bertz CT molecular complexity index is 1060. The second-order valence-corrected chi connectivity index (χ2v) is 6.76. The molecule has 1 atom stereocenters. The lowest BCUT2D eigenvalue weighted by Crippen LogP contribution is -2.34. The van der Waals surface area contributed by atoms with Crippen LogP contribution in [0.5, 0.6) is 11.5 Å². The van der Waals surface area contributed by atoms with E-state index in [9.17, 15) is 4.79 Å². The molecule has 0 bridgehead atoms. The summed E-state index contributed by atoms with van der Waals surface area (Å²) in [7, 11) is 3.96. The van der Waals surface area contributed by atoms with Gasteiger partial charge in [0.05, 0.1) is 11.1 Å². The van der Waals surface area contributed by atoms with E-state index >= 15 is 0 Å². The lowest BCUT2D eigenvalue weighted by molar-refractivity contribution is 0.0226. The Labute approximate surface area is 151 Å². The van der Waals surface area contributed by atoms with E-state index in [1.165, 1.54) is 0 Å². The fourth-order valence-corrected chi connectivity index (χ4v) is 4.03. The van der Waals surface area contributed by atoms with Crippen LogP contribution in [0.3, 0.4) is 0 Å². The van der Waals surface area contributed by atoms with Crippen molar-refractivity contribution in [3.05, 3.63) is 89.0 Å². The van der Waals surface area contributed by atoms with Crippen LogP contribution in [0.15, 0.2) is 66.7 Å². The summed E-state index contributed by atoms with van der Waals surface area (Å²) < 4.78 is 12.3. The molecule has 5 rings (SSSR count). The van der Waals surface area contributed by atoms with Gasteiger partial charge in [-0.2, -0.15) is 0 Å². The maximum Gasteiger partial charge on any atom is 0.340 e. The number of anilines is 1. The van der Waals surface area contributed by atoms with Gasteiger partial charge in [-0.1, -0.05) is 42.5 Å². The summed E-state index contributed by atoms with van der Waals surface area (Å²) >= 11 is 0. The largest absolute Gasteiger partial charge is 0.456 e. The molecule has 2 heterocycles. The predicted octanol–water partition coefficient (Wildman–Crippen LogP) is 4.32. The Hall–Kier alpha value is -3.27. The molecule has 2 aliphatic heterocycles. The SMILES string of the molecule is CN(C)c1cccc2c1C1(OC(=O)c3ccccc31)c1ccccc1O2. The number of benzene rings is 3. The summed E-state index contributed by atoms with van der Waals surface area (Å²) in [6.45, 7) is 0. The zero-order valence-electron chi connectivity index (χ0n) is 14.5. The van der Waals surface area contributed by atoms with E-state index in [-0.39, 0.29) is 5.97 Å². The molecule has 0 amide bonds. The second kappa shape index (κ2) is 5.11. The van der Waals surface area contributed by atoms with Crippen molar-refractivity contribution in [1.29, 1.82) is 0 Å². The first-order valence-electron chi connectivity index (χ1n) is 8.54. The maximum absolute atomic E-state index is 12.8. The average molecular weight is 343 g/mol. The van der Waals surface area contributed by atoms with Crippen LogP contribution in [0.2, 0.25) is 0 Å². The standard InChI is InChI=1S/C22H17NO3/c1-23(2)17-11-7-13-19-20(17)22(16-10-5-6-12-18(16)25-19)15-9-4-3-8-14(15)21(24)26-22/h3-13H,1-2H3. The maximum atomic E-state index is 12.8. The first-order chi connectivity index (χ1) is 12.6. The van der Waals surface area contributed by atoms with Gasteiger partial charge >= 0.3 is 5.97 Å². The molecule has 2 aliphatic rings. The van der Waals surface area contributed by atoms with Crippen molar-refractivity contribution in [3.8, 4) is 11.5 Å². The smallest absolute Gasteiger partial charge is 0.340 e. The van der Waals surface area contributed by atoms with Crippen LogP contribution in [0.25, 0.3) is 0 Å². The molecular weight excluding hydrogens is 326 g/mol. The molecule has 26 heavy (non-hydrogen) atoms. The third-order valence-corrected chi connectivity index (χ3v) is 5.10. The van der Waals surface area contributed by atoms with Crippen molar-refractivity contribution in [2.75, 3.05) is 19.0 Å². The van der Waals surface area contributed by atoms with Crippen molar-refractivity contribution in [2.24, 2.45) is 0 Å². The third kappa shape index (κ3) is 1.76. The molecule has 0 aromatic heterocycles.